The van der Waals surface area contributed by atoms with Crippen LogP contribution in [0.4, 0.5) is 0 Å². The molecule has 3 heteroatoms. The minimum Gasteiger partial charge on any atom is -0.377 e. The molecule has 0 spiro atoms. The first-order valence-corrected chi connectivity index (χ1v) is 2.50. The highest BCUT2D eigenvalue weighted by Gasteiger charge is 2.47. The Labute approximate surface area is 55.8 Å². The monoisotopic (exact) mass is 137 g/mol. The second-order valence-electron chi connectivity index (χ2n) is 2.33. The van der Waals surface area contributed by atoms with Gasteiger partial charge in [-0.1, -0.05) is 0 Å². The number of halogens is 1. The molecular formula is C5H12ClNO. The molecule has 0 bridgehead atoms. The highest BCUT2D eigenvalue weighted by molar-refractivity contribution is 5.85. The second-order valence-corrected chi connectivity index (χ2v) is 2.33. The van der Waals surface area contributed by atoms with E-state index in [1.54, 1.807) is 7.11 Å². The second kappa shape index (κ2) is 2.21. The molecular weight excluding hydrogens is 126 g/mol. The van der Waals surface area contributed by atoms with Crippen molar-refractivity contribution >= 4 is 12.4 Å². The van der Waals surface area contributed by atoms with E-state index < -0.39 is 0 Å². The summed E-state index contributed by atoms with van der Waals surface area (Å²) < 4.78 is 5.04. The smallest absolute Gasteiger partial charge is 0.0817 e. The molecule has 0 aromatic rings. The molecule has 2 unspecified atom stereocenters. The fourth-order valence-corrected chi connectivity index (χ4v) is 0.612. The van der Waals surface area contributed by atoms with Crippen molar-refractivity contribution in [1.82, 2.24) is 0 Å². The zero-order valence-corrected chi connectivity index (χ0v) is 5.99. The molecule has 0 heterocycles. The largest absolute Gasteiger partial charge is 0.377 e. The van der Waals surface area contributed by atoms with Gasteiger partial charge >= 0.3 is 0 Å². The number of nitrogens with two attached hydrogens (primary N) is 1. The third-order valence-corrected chi connectivity index (χ3v) is 1.72. The molecule has 0 amide bonds. The molecule has 50 valence electrons. The van der Waals surface area contributed by atoms with Crippen LogP contribution >= 0.6 is 12.4 Å². The van der Waals surface area contributed by atoms with E-state index in [-0.39, 0.29) is 24.0 Å². The molecule has 0 aliphatic heterocycles. The van der Waals surface area contributed by atoms with E-state index in [1.807, 2.05) is 6.92 Å². The van der Waals surface area contributed by atoms with E-state index in [9.17, 15) is 0 Å². The van der Waals surface area contributed by atoms with Gasteiger partial charge in [-0.2, -0.15) is 0 Å². The van der Waals surface area contributed by atoms with Crippen LogP contribution < -0.4 is 5.73 Å². The van der Waals surface area contributed by atoms with Crippen molar-refractivity contribution in [2.75, 3.05) is 7.11 Å². The zero-order valence-electron chi connectivity index (χ0n) is 5.18. The molecule has 2 nitrogen and oxygen atoms in total. The summed E-state index contributed by atoms with van der Waals surface area (Å²) in [6.45, 7) is 2.03. The van der Waals surface area contributed by atoms with Gasteiger partial charge in [0.2, 0.25) is 0 Å². The molecule has 0 aromatic heterocycles. The SMILES string of the molecule is COC1(C)CC1N.Cl. The van der Waals surface area contributed by atoms with Gasteiger partial charge in [-0.3, -0.25) is 0 Å². The molecule has 1 saturated carbocycles. The summed E-state index contributed by atoms with van der Waals surface area (Å²) in [6, 6.07) is 0.289. The molecule has 8 heavy (non-hydrogen) atoms. The molecule has 0 aromatic carbocycles. The molecule has 2 N–H and O–H groups in total. The van der Waals surface area contributed by atoms with E-state index >= 15 is 0 Å². The first-order chi connectivity index (χ1) is 3.19. The predicted molar refractivity (Wildman–Crippen MR) is 35.3 cm³/mol. The van der Waals surface area contributed by atoms with Crippen LogP contribution in [0.5, 0.6) is 0 Å². The van der Waals surface area contributed by atoms with Crippen LogP contribution in [0, 0.1) is 0 Å². The Bertz CT molecular complexity index is 84.5. The Morgan fingerprint density at radius 2 is 2.12 bits per heavy atom. The first kappa shape index (κ1) is 8.21. The maximum atomic E-state index is 5.49. The number of ether oxygens (including phenoxy) is 1. The summed E-state index contributed by atoms with van der Waals surface area (Å²) in [5.41, 5.74) is 5.51. The van der Waals surface area contributed by atoms with Gasteiger partial charge in [-0.25, -0.2) is 0 Å². The number of methoxy groups -OCH3 is 1. The third-order valence-electron chi connectivity index (χ3n) is 1.72. The fourth-order valence-electron chi connectivity index (χ4n) is 0.612. The topological polar surface area (TPSA) is 35.2 Å². The summed E-state index contributed by atoms with van der Waals surface area (Å²) in [5, 5.41) is 0. The van der Waals surface area contributed by atoms with Crippen LogP contribution in [-0.4, -0.2) is 18.8 Å². The van der Waals surface area contributed by atoms with Crippen LogP contribution in [-0.2, 0) is 4.74 Å². The summed E-state index contributed by atoms with van der Waals surface area (Å²) in [4.78, 5) is 0. The van der Waals surface area contributed by atoms with Crippen molar-refractivity contribution < 1.29 is 4.74 Å². The van der Waals surface area contributed by atoms with E-state index in [0.29, 0.717) is 0 Å². The lowest BCUT2D eigenvalue weighted by atomic mass is 10.4. The average Bonchev–Trinajstić information content (AvgIpc) is 2.18. The van der Waals surface area contributed by atoms with Crippen molar-refractivity contribution in [2.24, 2.45) is 5.73 Å². The van der Waals surface area contributed by atoms with Crippen LogP contribution in [0.2, 0.25) is 0 Å². The van der Waals surface area contributed by atoms with Crippen LogP contribution in [0.15, 0.2) is 0 Å². The zero-order chi connectivity index (χ0) is 5.49. The van der Waals surface area contributed by atoms with Gasteiger partial charge in [0, 0.05) is 13.2 Å². The third kappa shape index (κ3) is 1.13. The van der Waals surface area contributed by atoms with Crippen molar-refractivity contribution in [3.05, 3.63) is 0 Å². The lowest BCUT2D eigenvalue weighted by Crippen LogP contribution is -2.17. The number of rotatable bonds is 1. The van der Waals surface area contributed by atoms with Crippen LogP contribution in [0.3, 0.4) is 0 Å². The van der Waals surface area contributed by atoms with Crippen molar-refractivity contribution in [1.29, 1.82) is 0 Å². The van der Waals surface area contributed by atoms with Gasteiger partial charge in [0.15, 0.2) is 0 Å². The van der Waals surface area contributed by atoms with E-state index in [1.165, 1.54) is 0 Å². The van der Waals surface area contributed by atoms with Crippen molar-refractivity contribution in [3.8, 4) is 0 Å². The molecule has 0 radical (unpaired) electrons. The Hall–Kier alpha value is 0.210. The van der Waals surface area contributed by atoms with Crippen molar-refractivity contribution in [2.45, 2.75) is 25.0 Å². The van der Waals surface area contributed by atoms with Crippen LogP contribution in [0.1, 0.15) is 13.3 Å². The van der Waals surface area contributed by atoms with Crippen LogP contribution in [0.25, 0.3) is 0 Å². The summed E-state index contributed by atoms with van der Waals surface area (Å²) in [7, 11) is 1.70. The maximum absolute atomic E-state index is 5.49. The molecule has 1 rings (SSSR count). The first-order valence-electron chi connectivity index (χ1n) is 2.50. The average molecular weight is 138 g/mol. The van der Waals surface area contributed by atoms with Gasteiger partial charge in [-0.05, 0) is 13.3 Å². The minimum atomic E-state index is 0. The Balaban J connectivity index is 0.000000490. The standard InChI is InChI=1S/C5H11NO.ClH/c1-5(7-2)3-4(5)6;/h4H,3,6H2,1-2H3;1H. The summed E-state index contributed by atoms with van der Waals surface area (Å²) in [5.74, 6) is 0. The van der Waals surface area contributed by atoms with E-state index in [4.69, 9.17) is 10.5 Å². The molecule has 0 saturated heterocycles. The Morgan fingerprint density at radius 1 is 1.75 bits per heavy atom. The van der Waals surface area contributed by atoms with E-state index in [2.05, 4.69) is 0 Å². The number of hydrogen-bond acceptors (Lipinski definition) is 2. The Morgan fingerprint density at radius 3 is 2.12 bits per heavy atom. The predicted octanol–water partition coefficient (Wildman–Crippen LogP) is 0.544. The summed E-state index contributed by atoms with van der Waals surface area (Å²) in [6.07, 6.45) is 1.02. The van der Waals surface area contributed by atoms with Gasteiger partial charge in [-0.15, -0.1) is 12.4 Å². The van der Waals surface area contributed by atoms with Crippen molar-refractivity contribution in [3.63, 3.8) is 0 Å². The molecule has 1 aliphatic carbocycles. The van der Waals surface area contributed by atoms with Gasteiger partial charge in [0.1, 0.15) is 0 Å². The highest BCUT2D eigenvalue weighted by atomic mass is 35.5. The lowest BCUT2D eigenvalue weighted by Gasteiger charge is -2.03. The number of hydrogen-bond donors (Lipinski definition) is 1. The highest BCUT2D eigenvalue weighted by Crippen LogP contribution is 2.36. The molecule has 2 atom stereocenters. The quantitative estimate of drug-likeness (QED) is 0.573. The lowest BCUT2D eigenvalue weighted by molar-refractivity contribution is 0.0917. The Kier molecular flexibility index (Phi) is 2.27. The van der Waals surface area contributed by atoms with Gasteiger partial charge in [0.05, 0.1) is 5.60 Å². The molecule has 1 fully saturated rings. The minimum absolute atomic E-state index is 0. The van der Waals surface area contributed by atoms with Gasteiger partial charge < -0.3 is 10.5 Å². The van der Waals surface area contributed by atoms with Gasteiger partial charge in [0.25, 0.3) is 0 Å². The fraction of sp³-hybridized carbons (Fsp3) is 1.00. The van der Waals surface area contributed by atoms with E-state index in [0.717, 1.165) is 6.42 Å². The maximum Gasteiger partial charge on any atom is 0.0817 e. The normalized spacial score (nSPS) is 43.1. The molecule has 1 aliphatic rings. The summed E-state index contributed by atoms with van der Waals surface area (Å²) >= 11 is 0.